The first-order valence-corrected chi connectivity index (χ1v) is 12.0. The molecule has 1 heterocycles. The first-order valence-electron chi connectivity index (χ1n) is 11.0. The smallest absolute Gasteiger partial charge is 0.277 e. The fourth-order valence-electron chi connectivity index (χ4n) is 3.70. The second kappa shape index (κ2) is 10.9. The van der Waals surface area contributed by atoms with E-state index in [0.29, 0.717) is 40.5 Å². The normalized spacial score (nSPS) is 10.8. The Morgan fingerprint density at radius 1 is 0.944 bits per heavy atom. The zero-order valence-corrected chi connectivity index (χ0v) is 20.1. The molecule has 0 unspecified atom stereocenters. The molecule has 0 bridgehead atoms. The van der Waals surface area contributed by atoms with Crippen molar-refractivity contribution in [1.29, 1.82) is 0 Å². The maximum atomic E-state index is 11.1. The molecule has 8 nitrogen and oxygen atoms in total. The molecule has 36 heavy (non-hydrogen) atoms. The topological polar surface area (TPSA) is 123 Å². The minimum Gasteiger partial charge on any atom is -0.508 e. The van der Waals surface area contributed by atoms with Crippen LogP contribution in [0.3, 0.4) is 0 Å². The molecule has 0 saturated carbocycles. The predicted octanol–water partition coefficient (Wildman–Crippen LogP) is 6.47. The van der Waals surface area contributed by atoms with Gasteiger partial charge in [-0.05, 0) is 59.9 Å². The number of hydrogen-bond donors (Lipinski definition) is 2. The van der Waals surface area contributed by atoms with Crippen LogP contribution < -0.4 is 0 Å². The summed E-state index contributed by atoms with van der Waals surface area (Å²) in [6.07, 6.45) is 4.63. The highest BCUT2D eigenvalue weighted by Crippen LogP contribution is 2.38. The number of aromatic nitrogens is 2. The minimum atomic E-state index is -0.474. The summed E-state index contributed by atoms with van der Waals surface area (Å²) in [5.41, 5.74) is 4.35. The van der Waals surface area contributed by atoms with Gasteiger partial charge in [0.25, 0.3) is 10.9 Å². The third kappa shape index (κ3) is 5.47. The maximum Gasteiger partial charge on any atom is 0.277 e. The van der Waals surface area contributed by atoms with Crippen molar-refractivity contribution in [2.24, 2.45) is 0 Å². The Morgan fingerprint density at radius 2 is 1.67 bits per heavy atom. The number of nitro groups is 1. The summed E-state index contributed by atoms with van der Waals surface area (Å²) in [6, 6.07) is 14.9. The average molecular weight is 502 g/mol. The van der Waals surface area contributed by atoms with Crippen LogP contribution in [-0.4, -0.2) is 25.3 Å². The fourth-order valence-corrected chi connectivity index (χ4v) is 4.43. The van der Waals surface area contributed by atoms with Crippen molar-refractivity contribution in [2.45, 2.75) is 23.8 Å². The van der Waals surface area contributed by atoms with Gasteiger partial charge in [-0.25, -0.2) is 0 Å². The first-order chi connectivity index (χ1) is 17.4. The van der Waals surface area contributed by atoms with E-state index in [1.807, 2.05) is 18.2 Å². The molecule has 0 spiro atoms. The van der Waals surface area contributed by atoms with Gasteiger partial charge in [0.1, 0.15) is 11.5 Å². The lowest BCUT2D eigenvalue weighted by atomic mass is 9.95. The minimum absolute atomic E-state index is 0.0243. The Labute approximate surface area is 211 Å². The third-order valence-electron chi connectivity index (χ3n) is 5.47. The van der Waals surface area contributed by atoms with E-state index in [1.54, 1.807) is 36.4 Å². The van der Waals surface area contributed by atoms with Crippen molar-refractivity contribution in [2.75, 3.05) is 0 Å². The van der Waals surface area contributed by atoms with Gasteiger partial charge >= 0.3 is 0 Å². The Morgan fingerprint density at radius 3 is 2.36 bits per heavy atom. The third-order valence-corrected chi connectivity index (χ3v) is 6.33. The van der Waals surface area contributed by atoms with Gasteiger partial charge in [-0.2, -0.15) is 0 Å². The van der Waals surface area contributed by atoms with Crippen molar-refractivity contribution >= 4 is 17.4 Å². The number of benzene rings is 3. The maximum absolute atomic E-state index is 11.1. The van der Waals surface area contributed by atoms with Crippen molar-refractivity contribution in [3.05, 3.63) is 107 Å². The molecule has 0 amide bonds. The van der Waals surface area contributed by atoms with Gasteiger partial charge in [0.2, 0.25) is 5.89 Å². The zero-order valence-electron chi connectivity index (χ0n) is 19.3. The molecule has 4 rings (SSSR count). The van der Waals surface area contributed by atoms with E-state index in [1.165, 1.54) is 23.9 Å². The van der Waals surface area contributed by atoms with Crippen LogP contribution in [0.15, 0.2) is 89.5 Å². The second-order valence-electron chi connectivity index (χ2n) is 7.95. The number of phenols is 2. The van der Waals surface area contributed by atoms with Crippen LogP contribution in [0.5, 0.6) is 11.5 Å². The highest BCUT2D eigenvalue weighted by Gasteiger charge is 2.16. The van der Waals surface area contributed by atoms with Gasteiger partial charge in [0.15, 0.2) is 0 Å². The van der Waals surface area contributed by atoms with E-state index in [0.717, 1.165) is 16.7 Å². The van der Waals surface area contributed by atoms with Crippen LogP contribution >= 0.6 is 11.8 Å². The molecule has 2 N–H and O–H groups in total. The quantitative estimate of drug-likeness (QED) is 0.110. The standard InChI is InChI=1S/C27H23N3O5S/c1-3-5-17-13-21(25(32)23(14-17)19-9-12-24(31)20(15-19)6-4-2)16-36-27-29-28-26(35-27)18-7-10-22(11-8-18)30(33)34/h3-4,7-15,31-32H,1-2,5-6,16H2. The summed E-state index contributed by atoms with van der Waals surface area (Å²) in [6.45, 7) is 7.55. The molecule has 182 valence electrons. The summed E-state index contributed by atoms with van der Waals surface area (Å²) >= 11 is 1.27. The van der Waals surface area contributed by atoms with Crippen LogP contribution in [0.4, 0.5) is 5.69 Å². The number of aromatic hydroxyl groups is 2. The van der Waals surface area contributed by atoms with E-state index >= 15 is 0 Å². The number of non-ortho nitro benzene ring substituents is 1. The second-order valence-corrected chi connectivity index (χ2v) is 8.87. The van der Waals surface area contributed by atoms with Gasteiger partial charge in [0.05, 0.1) is 4.92 Å². The summed E-state index contributed by atoms with van der Waals surface area (Å²) in [5, 5.41) is 40.5. The lowest BCUT2D eigenvalue weighted by Gasteiger charge is -2.14. The lowest BCUT2D eigenvalue weighted by Crippen LogP contribution is -1.93. The Hall–Kier alpha value is -4.37. The average Bonchev–Trinajstić information content (AvgIpc) is 3.35. The molecule has 1 aromatic heterocycles. The SMILES string of the molecule is C=CCc1cc(CSc2nnc(-c3ccc([N+](=O)[O-])cc3)o2)c(O)c(-c2ccc(O)c(CC=C)c2)c1. The Bertz CT molecular complexity index is 1430. The van der Waals surface area contributed by atoms with Crippen LogP contribution in [0.25, 0.3) is 22.6 Å². The molecular formula is C27H23N3O5S. The van der Waals surface area contributed by atoms with Crippen molar-refractivity contribution in [3.63, 3.8) is 0 Å². The molecule has 0 aliphatic carbocycles. The molecule has 9 heteroatoms. The van der Waals surface area contributed by atoms with E-state index in [-0.39, 0.29) is 23.1 Å². The lowest BCUT2D eigenvalue weighted by molar-refractivity contribution is -0.384. The summed E-state index contributed by atoms with van der Waals surface area (Å²) in [4.78, 5) is 10.4. The molecule has 0 atom stereocenters. The van der Waals surface area contributed by atoms with Crippen molar-refractivity contribution < 1.29 is 19.6 Å². The number of rotatable bonds is 10. The van der Waals surface area contributed by atoms with Crippen molar-refractivity contribution in [3.8, 4) is 34.1 Å². The highest BCUT2D eigenvalue weighted by atomic mass is 32.2. The number of nitro benzene ring substituents is 1. The Balaban J connectivity index is 1.59. The molecule has 0 aliphatic rings. The van der Waals surface area contributed by atoms with E-state index in [9.17, 15) is 20.3 Å². The van der Waals surface area contributed by atoms with Gasteiger partial charge in [-0.15, -0.1) is 23.4 Å². The first kappa shape index (κ1) is 24.7. The van der Waals surface area contributed by atoms with Crippen LogP contribution in [0.1, 0.15) is 16.7 Å². The monoisotopic (exact) mass is 501 g/mol. The number of hydrogen-bond acceptors (Lipinski definition) is 8. The largest absolute Gasteiger partial charge is 0.508 e. The summed E-state index contributed by atoms with van der Waals surface area (Å²) in [7, 11) is 0. The van der Waals surface area contributed by atoms with Gasteiger partial charge < -0.3 is 14.6 Å². The van der Waals surface area contributed by atoms with Crippen LogP contribution in [0, 0.1) is 10.1 Å². The number of phenolic OH excluding ortho intramolecular Hbond substituents is 2. The van der Waals surface area contributed by atoms with Crippen LogP contribution in [0.2, 0.25) is 0 Å². The molecule has 0 saturated heterocycles. The molecule has 0 fully saturated rings. The molecular weight excluding hydrogens is 478 g/mol. The summed E-state index contributed by atoms with van der Waals surface area (Å²) < 4.78 is 5.72. The van der Waals surface area contributed by atoms with E-state index in [2.05, 4.69) is 23.4 Å². The highest BCUT2D eigenvalue weighted by molar-refractivity contribution is 7.98. The van der Waals surface area contributed by atoms with E-state index < -0.39 is 4.92 Å². The van der Waals surface area contributed by atoms with Gasteiger partial charge in [-0.1, -0.05) is 36.0 Å². The van der Waals surface area contributed by atoms with E-state index in [4.69, 9.17) is 4.42 Å². The molecule has 4 aromatic rings. The molecule has 3 aromatic carbocycles. The predicted molar refractivity (Wildman–Crippen MR) is 139 cm³/mol. The van der Waals surface area contributed by atoms with Crippen molar-refractivity contribution in [1.82, 2.24) is 10.2 Å². The zero-order chi connectivity index (χ0) is 25.7. The number of allylic oxidation sites excluding steroid dienone is 2. The fraction of sp³-hybridized carbons (Fsp3) is 0.111. The molecule has 0 aliphatic heterocycles. The Kier molecular flexibility index (Phi) is 7.50. The summed E-state index contributed by atoms with van der Waals surface area (Å²) in [5.74, 6) is 0.914. The number of nitrogens with zero attached hydrogens (tertiary/aromatic N) is 3. The van der Waals surface area contributed by atoms with Crippen LogP contribution in [-0.2, 0) is 18.6 Å². The molecule has 0 radical (unpaired) electrons. The number of thioether (sulfide) groups is 1. The van der Waals surface area contributed by atoms with Gasteiger partial charge in [0, 0.05) is 34.6 Å². The van der Waals surface area contributed by atoms with Gasteiger partial charge in [-0.3, -0.25) is 10.1 Å².